The fraction of sp³-hybridized carbons (Fsp3) is 0.667. The SMILES string of the molecule is [2H]C([2H])([2H])C(CCCC(CS(=O)(=O)CCO)(C([2H])([2H])[2H])C([2H])([2H])[2H])(C(=O)NNC)c1cccc(CCC(=O)OCC)c1. The summed E-state index contributed by atoms with van der Waals surface area (Å²) >= 11 is 0. The smallest absolute Gasteiger partial charge is 0.306 e. The van der Waals surface area contributed by atoms with Crippen molar-refractivity contribution in [2.45, 2.75) is 65.0 Å². The minimum Gasteiger partial charge on any atom is -0.466 e. The lowest BCUT2D eigenvalue weighted by Crippen LogP contribution is -2.47. The van der Waals surface area contributed by atoms with E-state index in [2.05, 4.69) is 10.9 Å². The molecule has 1 unspecified atom stereocenters. The Bertz CT molecular complexity index is 1160. The number of carbonyl (C=O) groups is 2. The lowest BCUT2D eigenvalue weighted by atomic mass is 9.75. The monoisotopic (exact) mass is 493 g/mol. The number of aliphatic hydroxyl groups is 1. The standard InChI is InChI=1S/C24H40N2O6S/c1-6-32-21(28)12-11-19-9-7-10-20(17-19)24(4,22(29)26-25-5)14-8-13-23(2,3)18-33(30,31)16-15-27/h7,9-10,17,25,27H,6,8,11-16,18H2,1-5H3,(H,26,29)/i2D3,3D3,4D3. The third-order valence-corrected chi connectivity index (χ3v) is 6.73. The molecule has 0 aliphatic carbocycles. The van der Waals surface area contributed by atoms with Gasteiger partial charge in [-0.25, -0.2) is 13.8 Å². The van der Waals surface area contributed by atoms with Crippen LogP contribution in [0.5, 0.6) is 0 Å². The summed E-state index contributed by atoms with van der Waals surface area (Å²) in [5.41, 5.74) is 0.0543. The Morgan fingerprint density at radius 1 is 1.21 bits per heavy atom. The van der Waals surface area contributed by atoms with E-state index in [4.69, 9.17) is 22.2 Å². The number of rotatable bonds is 15. The Labute approximate surface area is 211 Å². The number of hydrazine groups is 1. The van der Waals surface area contributed by atoms with Gasteiger partial charge in [0.1, 0.15) is 0 Å². The molecule has 1 aromatic rings. The van der Waals surface area contributed by atoms with Gasteiger partial charge in [0.25, 0.3) is 0 Å². The van der Waals surface area contributed by atoms with Crippen molar-refractivity contribution in [2.24, 2.45) is 5.41 Å². The second-order valence-electron chi connectivity index (χ2n) is 7.87. The first-order valence-corrected chi connectivity index (χ1v) is 12.5. The highest BCUT2D eigenvalue weighted by Crippen LogP contribution is 2.34. The van der Waals surface area contributed by atoms with Crippen molar-refractivity contribution in [2.75, 3.05) is 31.8 Å². The molecule has 1 aromatic carbocycles. The third kappa shape index (κ3) is 9.81. The highest BCUT2D eigenvalue weighted by molar-refractivity contribution is 7.91. The van der Waals surface area contributed by atoms with E-state index in [1.807, 2.05) is 0 Å². The molecule has 33 heavy (non-hydrogen) atoms. The maximum Gasteiger partial charge on any atom is 0.306 e. The molecule has 1 atom stereocenters. The summed E-state index contributed by atoms with van der Waals surface area (Å²) in [6.07, 6.45) is -1.69. The van der Waals surface area contributed by atoms with E-state index in [0.29, 0.717) is 5.56 Å². The van der Waals surface area contributed by atoms with Crippen LogP contribution < -0.4 is 10.9 Å². The molecule has 0 fully saturated rings. The molecule has 0 saturated heterocycles. The van der Waals surface area contributed by atoms with Gasteiger partial charge in [-0.2, -0.15) is 0 Å². The van der Waals surface area contributed by atoms with E-state index < -0.39 is 90.5 Å². The third-order valence-electron chi connectivity index (χ3n) is 4.99. The van der Waals surface area contributed by atoms with E-state index in [1.165, 1.54) is 25.2 Å². The maximum absolute atomic E-state index is 13.5. The van der Waals surface area contributed by atoms with Crippen LogP contribution in [0.25, 0.3) is 0 Å². The van der Waals surface area contributed by atoms with Crippen molar-refractivity contribution in [3.05, 3.63) is 35.4 Å². The van der Waals surface area contributed by atoms with E-state index in [0.717, 1.165) is 0 Å². The van der Waals surface area contributed by atoms with Crippen LogP contribution in [0.1, 0.15) is 76.6 Å². The Hall–Kier alpha value is -1.97. The number of amides is 1. The number of hydrogen-bond donors (Lipinski definition) is 3. The number of aryl methyl sites for hydroxylation is 1. The van der Waals surface area contributed by atoms with Gasteiger partial charge in [-0.1, -0.05) is 44.4 Å². The summed E-state index contributed by atoms with van der Waals surface area (Å²) in [5.74, 6) is -3.64. The molecule has 8 nitrogen and oxygen atoms in total. The van der Waals surface area contributed by atoms with E-state index >= 15 is 0 Å². The minimum atomic E-state index is -4.36. The fourth-order valence-corrected chi connectivity index (χ4v) is 4.71. The first-order valence-electron chi connectivity index (χ1n) is 15.2. The average molecular weight is 494 g/mol. The molecule has 0 aromatic heterocycles. The first kappa shape index (κ1) is 17.5. The molecule has 1 rings (SSSR count). The number of ether oxygens (including phenoxy) is 1. The highest BCUT2D eigenvalue weighted by atomic mass is 32.2. The molecule has 1 amide bonds. The normalized spacial score (nSPS) is 19.1. The number of aliphatic hydroxyl groups excluding tert-OH is 1. The van der Waals surface area contributed by atoms with Gasteiger partial charge in [0.2, 0.25) is 5.91 Å². The maximum atomic E-state index is 13.5. The molecule has 9 heteroatoms. The predicted molar refractivity (Wildman–Crippen MR) is 129 cm³/mol. The van der Waals surface area contributed by atoms with Crippen LogP contribution in [-0.4, -0.2) is 57.2 Å². The molecular weight excluding hydrogens is 444 g/mol. The lowest BCUT2D eigenvalue weighted by molar-refractivity contribution is -0.143. The summed E-state index contributed by atoms with van der Waals surface area (Å²) in [5, 5.41) is 9.13. The molecule has 3 N–H and O–H groups in total. The summed E-state index contributed by atoms with van der Waals surface area (Å²) in [6.45, 7) is -8.72. The van der Waals surface area contributed by atoms with Crippen molar-refractivity contribution >= 4 is 21.7 Å². The average Bonchev–Trinajstić information content (AvgIpc) is 2.82. The second-order valence-corrected chi connectivity index (χ2v) is 10.1. The molecule has 0 spiro atoms. The van der Waals surface area contributed by atoms with Crippen molar-refractivity contribution < 1.29 is 40.2 Å². The molecule has 188 valence electrons. The zero-order chi connectivity index (χ0) is 32.6. The largest absolute Gasteiger partial charge is 0.466 e. The summed E-state index contributed by atoms with van der Waals surface area (Å²) in [7, 11) is -3.03. The number of nitrogens with one attached hydrogen (secondary N) is 2. The van der Waals surface area contributed by atoms with Crippen LogP contribution in [0.4, 0.5) is 0 Å². The number of hydrogen-bond acceptors (Lipinski definition) is 7. The number of benzene rings is 1. The first-order chi connectivity index (χ1) is 19.1. The molecule has 0 heterocycles. The van der Waals surface area contributed by atoms with Crippen LogP contribution in [0.2, 0.25) is 0 Å². The molecule has 0 bridgehead atoms. The second kappa shape index (κ2) is 13.1. The predicted octanol–water partition coefficient (Wildman–Crippen LogP) is 2.29. The van der Waals surface area contributed by atoms with Gasteiger partial charge in [-0.3, -0.25) is 15.0 Å². The van der Waals surface area contributed by atoms with Crippen molar-refractivity contribution in [3.63, 3.8) is 0 Å². The van der Waals surface area contributed by atoms with Crippen LogP contribution in [0.3, 0.4) is 0 Å². The minimum absolute atomic E-state index is 0.0111. The molecule has 0 radical (unpaired) electrons. The topological polar surface area (TPSA) is 122 Å². The molecular formula is C24H40N2O6S. The molecule has 0 saturated carbocycles. The van der Waals surface area contributed by atoms with E-state index in [9.17, 15) is 18.0 Å². The fourth-order valence-electron chi connectivity index (χ4n) is 3.40. The zero-order valence-corrected chi connectivity index (χ0v) is 19.9. The lowest BCUT2D eigenvalue weighted by Gasteiger charge is -2.31. The Balaban J connectivity index is 3.68. The summed E-state index contributed by atoms with van der Waals surface area (Å²) in [6, 6.07) is 5.96. The zero-order valence-electron chi connectivity index (χ0n) is 28.1. The van der Waals surface area contributed by atoms with E-state index in [-0.39, 0.29) is 25.0 Å². The Kier molecular flexibility index (Phi) is 6.91. The van der Waals surface area contributed by atoms with Gasteiger partial charge in [0.15, 0.2) is 9.84 Å². The van der Waals surface area contributed by atoms with Gasteiger partial charge in [0.05, 0.1) is 30.1 Å². The van der Waals surface area contributed by atoms with Crippen molar-refractivity contribution in [3.8, 4) is 0 Å². The molecule has 0 aliphatic heterocycles. The van der Waals surface area contributed by atoms with Crippen LogP contribution in [0.15, 0.2) is 24.3 Å². The number of esters is 1. The van der Waals surface area contributed by atoms with E-state index in [1.54, 1.807) is 13.0 Å². The number of sulfone groups is 1. The highest BCUT2D eigenvalue weighted by Gasteiger charge is 2.36. The van der Waals surface area contributed by atoms with Gasteiger partial charge in [-0.05, 0) is 49.6 Å². The van der Waals surface area contributed by atoms with Gasteiger partial charge in [-0.15, -0.1) is 0 Å². The quantitative estimate of drug-likeness (QED) is 0.253. The van der Waals surface area contributed by atoms with Gasteiger partial charge < -0.3 is 9.84 Å². The van der Waals surface area contributed by atoms with Crippen molar-refractivity contribution in [1.29, 1.82) is 0 Å². The van der Waals surface area contributed by atoms with Crippen molar-refractivity contribution in [1.82, 2.24) is 10.9 Å². The van der Waals surface area contributed by atoms with Crippen LogP contribution in [0, 0.1) is 5.41 Å². The van der Waals surface area contributed by atoms with Gasteiger partial charge >= 0.3 is 5.97 Å². The van der Waals surface area contributed by atoms with Crippen LogP contribution in [-0.2, 0) is 36.0 Å². The summed E-state index contributed by atoms with van der Waals surface area (Å²) < 4.78 is 103. The number of carbonyl (C=O) groups excluding carboxylic acids is 2. The molecule has 0 aliphatic rings. The Morgan fingerprint density at radius 3 is 2.58 bits per heavy atom. The Morgan fingerprint density at radius 2 is 1.97 bits per heavy atom. The van der Waals surface area contributed by atoms with Gasteiger partial charge in [0, 0.05) is 25.8 Å². The van der Waals surface area contributed by atoms with Crippen LogP contribution >= 0.6 is 0 Å². The summed E-state index contributed by atoms with van der Waals surface area (Å²) in [4.78, 5) is 25.3.